The first kappa shape index (κ1) is 13.7. The van der Waals surface area contributed by atoms with Crippen LogP contribution in [-0.4, -0.2) is 16.7 Å². The lowest BCUT2D eigenvalue weighted by atomic mass is 10.1. The summed E-state index contributed by atoms with van der Waals surface area (Å²) < 4.78 is 5.26. The summed E-state index contributed by atoms with van der Waals surface area (Å²) in [6.07, 6.45) is 4.82. The van der Waals surface area contributed by atoms with Crippen molar-refractivity contribution in [1.82, 2.24) is 10.1 Å². The van der Waals surface area contributed by atoms with Crippen LogP contribution in [0.25, 0.3) is 0 Å². The van der Waals surface area contributed by atoms with E-state index in [1.54, 1.807) is 0 Å². The van der Waals surface area contributed by atoms with Crippen molar-refractivity contribution in [3.8, 4) is 0 Å². The zero-order valence-corrected chi connectivity index (χ0v) is 11.4. The van der Waals surface area contributed by atoms with Crippen LogP contribution in [0, 0.1) is 6.92 Å². The van der Waals surface area contributed by atoms with Gasteiger partial charge >= 0.3 is 0 Å². The van der Waals surface area contributed by atoms with Gasteiger partial charge in [-0.1, -0.05) is 35.8 Å². The number of hydrogen-bond donors (Lipinski definition) is 1. The summed E-state index contributed by atoms with van der Waals surface area (Å²) in [4.78, 5) is 4.44. The molecule has 0 aliphatic rings. The van der Waals surface area contributed by atoms with Gasteiger partial charge in [-0.25, -0.2) is 0 Å². The summed E-state index contributed by atoms with van der Waals surface area (Å²) in [7, 11) is 0. The van der Waals surface area contributed by atoms with E-state index < -0.39 is 0 Å². The summed E-state index contributed by atoms with van der Waals surface area (Å²) in [6, 6.07) is 8.28. The standard InChI is InChI=1S/C15H21N3O/c1-12-7-4-5-8-13(12)11-14-17-15(19-18-14)9-3-2-6-10-16/h4-5,7-8H,2-3,6,9-11,16H2,1H3. The Morgan fingerprint density at radius 2 is 2.00 bits per heavy atom. The normalized spacial score (nSPS) is 10.8. The molecule has 102 valence electrons. The second-order valence-electron chi connectivity index (χ2n) is 4.81. The molecule has 4 nitrogen and oxygen atoms in total. The first-order valence-electron chi connectivity index (χ1n) is 6.85. The molecule has 2 rings (SSSR count). The molecule has 0 spiro atoms. The van der Waals surface area contributed by atoms with Crippen LogP contribution >= 0.6 is 0 Å². The summed E-state index contributed by atoms with van der Waals surface area (Å²) in [6.45, 7) is 2.85. The lowest BCUT2D eigenvalue weighted by Gasteiger charge is -2.00. The maximum atomic E-state index is 5.46. The van der Waals surface area contributed by atoms with Gasteiger partial charge in [0, 0.05) is 12.8 Å². The highest BCUT2D eigenvalue weighted by Gasteiger charge is 2.08. The van der Waals surface area contributed by atoms with Crippen molar-refractivity contribution < 1.29 is 4.52 Å². The highest BCUT2D eigenvalue weighted by Crippen LogP contribution is 2.12. The van der Waals surface area contributed by atoms with Crippen molar-refractivity contribution >= 4 is 0 Å². The molecular weight excluding hydrogens is 238 g/mol. The maximum Gasteiger partial charge on any atom is 0.226 e. The summed E-state index contributed by atoms with van der Waals surface area (Å²) in [5.41, 5.74) is 7.97. The number of aromatic nitrogens is 2. The van der Waals surface area contributed by atoms with E-state index in [4.69, 9.17) is 10.3 Å². The molecule has 0 fully saturated rings. The maximum absolute atomic E-state index is 5.46. The minimum absolute atomic E-state index is 0.735. The number of nitrogens with zero attached hydrogens (tertiary/aromatic N) is 2. The van der Waals surface area contributed by atoms with Crippen LogP contribution < -0.4 is 5.73 Å². The Labute approximate surface area is 114 Å². The Morgan fingerprint density at radius 1 is 1.16 bits per heavy atom. The molecule has 19 heavy (non-hydrogen) atoms. The smallest absolute Gasteiger partial charge is 0.226 e. The Hall–Kier alpha value is -1.68. The second kappa shape index (κ2) is 7.04. The first-order valence-corrected chi connectivity index (χ1v) is 6.85. The van der Waals surface area contributed by atoms with Crippen LogP contribution in [0.4, 0.5) is 0 Å². The molecule has 0 saturated heterocycles. The SMILES string of the molecule is Cc1ccccc1Cc1noc(CCCCCN)n1. The minimum atomic E-state index is 0.735. The van der Waals surface area contributed by atoms with Crippen molar-refractivity contribution in [2.75, 3.05) is 6.54 Å². The van der Waals surface area contributed by atoms with E-state index in [0.717, 1.165) is 50.4 Å². The molecule has 0 aliphatic carbocycles. The summed E-state index contributed by atoms with van der Waals surface area (Å²) >= 11 is 0. The van der Waals surface area contributed by atoms with Gasteiger partial charge in [0.15, 0.2) is 5.82 Å². The van der Waals surface area contributed by atoms with Crippen molar-refractivity contribution in [1.29, 1.82) is 0 Å². The predicted molar refractivity (Wildman–Crippen MR) is 74.9 cm³/mol. The number of hydrogen-bond acceptors (Lipinski definition) is 4. The van der Waals surface area contributed by atoms with Crippen LogP contribution in [0.5, 0.6) is 0 Å². The van der Waals surface area contributed by atoms with Gasteiger partial charge in [0.25, 0.3) is 0 Å². The fourth-order valence-corrected chi connectivity index (χ4v) is 2.04. The van der Waals surface area contributed by atoms with Crippen molar-refractivity contribution in [2.24, 2.45) is 5.73 Å². The molecule has 1 aromatic heterocycles. The molecule has 4 heteroatoms. The van der Waals surface area contributed by atoms with Crippen molar-refractivity contribution in [2.45, 2.75) is 39.0 Å². The van der Waals surface area contributed by atoms with E-state index in [1.807, 2.05) is 12.1 Å². The molecule has 0 unspecified atom stereocenters. The summed E-state index contributed by atoms with van der Waals surface area (Å²) in [5, 5.41) is 4.04. The van der Waals surface area contributed by atoms with Gasteiger partial charge in [0.2, 0.25) is 5.89 Å². The predicted octanol–water partition coefficient (Wildman–Crippen LogP) is 2.64. The van der Waals surface area contributed by atoms with Crippen molar-refractivity contribution in [3.05, 3.63) is 47.1 Å². The van der Waals surface area contributed by atoms with Crippen LogP contribution in [0.2, 0.25) is 0 Å². The molecule has 1 heterocycles. The second-order valence-corrected chi connectivity index (χ2v) is 4.81. The topological polar surface area (TPSA) is 64.9 Å². The van der Waals surface area contributed by atoms with E-state index in [2.05, 4.69) is 29.2 Å². The fraction of sp³-hybridized carbons (Fsp3) is 0.467. The number of nitrogens with two attached hydrogens (primary N) is 1. The number of unbranched alkanes of at least 4 members (excludes halogenated alkanes) is 2. The average molecular weight is 259 g/mol. The monoisotopic (exact) mass is 259 g/mol. The third kappa shape index (κ3) is 4.17. The zero-order valence-electron chi connectivity index (χ0n) is 11.4. The molecule has 0 atom stereocenters. The lowest BCUT2D eigenvalue weighted by Crippen LogP contribution is -1.98. The van der Waals surface area contributed by atoms with Gasteiger partial charge in [-0.05, 0) is 37.4 Å². The van der Waals surface area contributed by atoms with Gasteiger partial charge in [-0.2, -0.15) is 4.98 Å². The quantitative estimate of drug-likeness (QED) is 0.776. The molecule has 0 saturated carbocycles. The molecular formula is C15H21N3O. The van der Waals surface area contributed by atoms with Crippen LogP contribution in [-0.2, 0) is 12.8 Å². The average Bonchev–Trinajstić information content (AvgIpc) is 2.85. The third-order valence-electron chi connectivity index (χ3n) is 3.21. The van der Waals surface area contributed by atoms with Crippen LogP contribution in [0.3, 0.4) is 0 Å². The van der Waals surface area contributed by atoms with Gasteiger partial charge in [0.05, 0.1) is 0 Å². The van der Waals surface area contributed by atoms with Crippen molar-refractivity contribution in [3.63, 3.8) is 0 Å². The molecule has 2 aromatic rings. The highest BCUT2D eigenvalue weighted by atomic mass is 16.5. The molecule has 1 aromatic carbocycles. The van der Waals surface area contributed by atoms with E-state index in [0.29, 0.717) is 0 Å². The Kier molecular flexibility index (Phi) is 5.10. The molecule has 0 aliphatic heterocycles. The Balaban J connectivity index is 1.89. The fourth-order valence-electron chi connectivity index (χ4n) is 2.04. The number of benzene rings is 1. The van der Waals surface area contributed by atoms with Gasteiger partial charge in [-0.15, -0.1) is 0 Å². The first-order chi connectivity index (χ1) is 9.29. The van der Waals surface area contributed by atoms with Gasteiger partial charge in [0.1, 0.15) is 0 Å². The highest BCUT2D eigenvalue weighted by molar-refractivity contribution is 5.27. The van der Waals surface area contributed by atoms with Gasteiger partial charge in [-0.3, -0.25) is 0 Å². The van der Waals surface area contributed by atoms with Gasteiger partial charge < -0.3 is 10.3 Å². The van der Waals surface area contributed by atoms with E-state index in [-0.39, 0.29) is 0 Å². The van der Waals surface area contributed by atoms with E-state index in [1.165, 1.54) is 11.1 Å². The van der Waals surface area contributed by atoms with E-state index in [9.17, 15) is 0 Å². The molecule has 2 N–H and O–H groups in total. The number of aryl methyl sites for hydroxylation is 2. The lowest BCUT2D eigenvalue weighted by molar-refractivity contribution is 0.369. The number of rotatable bonds is 7. The minimum Gasteiger partial charge on any atom is -0.339 e. The molecule has 0 radical (unpaired) electrons. The largest absolute Gasteiger partial charge is 0.339 e. The Bertz CT molecular complexity index is 508. The third-order valence-corrected chi connectivity index (χ3v) is 3.21. The molecule has 0 amide bonds. The van der Waals surface area contributed by atoms with E-state index >= 15 is 0 Å². The molecule has 0 bridgehead atoms. The van der Waals surface area contributed by atoms with Crippen LogP contribution in [0.1, 0.15) is 42.1 Å². The zero-order chi connectivity index (χ0) is 13.5. The van der Waals surface area contributed by atoms with Crippen LogP contribution in [0.15, 0.2) is 28.8 Å². The summed E-state index contributed by atoms with van der Waals surface area (Å²) in [5.74, 6) is 1.50. The Morgan fingerprint density at radius 3 is 2.79 bits per heavy atom.